The van der Waals surface area contributed by atoms with E-state index in [1.165, 1.54) is 40.3 Å². The molecular formula is C79H85BrF13N12NaO11S4. The Balaban J connectivity index is 0.000000401. The van der Waals surface area contributed by atoms with Gasteiger partial charge in [-0.1, -0.05) is 78.6 Å². The number of alkyl halides is 14. The van der Waals surface area contributed by atoms with Crippen LogP contribution in [0.3, 0.4) is 0 Å². The topological polar surface area (TPSA) is 259 Å². The van der Waals surface area contributed by atoms with Crippen molar-refractivity contribution >= 4 is 60.1 Å². The van der Waals surface area contributed by atoms with Crippen molar-refractivity contribution in [3.8, 4) is 91.5 Å². The van der Waals surface area contributed by atoms with Crippen molar-refractivity contribution in [3.05, 3.63) is 215 Å². The summed E-state index contributed by atoms with van der Waals surface area (Å²) in [5.41, 5.74) is 1.58. The summed E-state index contributed by atoms with van der Waals surface area (Å²) in [6, 6.07) is 38.8. The molecule has 1 atom stereocenters. The van der Waals surface area contributed by atoms with E-state index in [1.54, 1.807) is 160 Å². The van der Waals surface area contributed by atoms with Crippen LogP contribution in [0.2, 0.25) is 0 Å². The van der Waals surface area contributed by atoms with E-state index in [0.29, 0.717) is 70.4 Å². The molecule has 0 aliphatic carbocycles. The van der Waals surface area contributed by atoms with E-state index < -0.39 is 80.4 Å². The summed E-state index contributed by atoms with van der Waals surface area (Å²) < 4.78 is 255. The molecule has 121 heavy (non-hydrogen) atoms. The van der Waals surface area contributed by atoms with E-state index in [4.69, 9.17) is 39.3 Å². The number of H-pyrrole nitrogens is 1. The molecule has 1 N–H and O–H groups in total. The average molecular weight is 1860 g/mol. The molecule has 0 radical (unpaired) electrons. The van der Waals surface area contributed by atoms with Crippen LogP contribution in [0.15, 0.2) is 191 Å². The first-order chi connectivity index (χ1) is 56.3. The van der Waals surface area contributed by atoms with Gasteiger partial charge in [-0.15, -0.1) is 0 Å². The maximum atomic E-state index is 13.3. The molecule has 42 heteroatoms. The Morgan fingerprint density at radius 1 is 0.446 bits per heavy atom. The van der Waals surface area contributed by atoms with Gasteiger partial charge in [0.05, 0.1) is 122 Å². The number of hydrogen-bond donors (Lipinski definition) is 1. The quantitative estimate of drug-likeness (QED) is 0.0205. The number of methoxy groups -OCH3 is 8. The molecule has 8 heterocycles. The molecule has 0 saturated carbocycles. The number of nitrogens with one attached hydrogen (secondary N) is 1. The van der Waals surface area contributed by atoms with Crippen LogP contribution >= 0.6 is 39.5 Å². The van der Waals surface area contributed by atoms with Crippen LogP contribution in [0.25, 0.3) is 45.6 Å². The molecule has 0 aliphatic rings. The third kappa shape index (κ3) is 28.9. The Bertz CT molecular complexity index is 5490. The molecule has 23 nitrogen and oxygen atoms in total. The number of thioether (sulfide) groups is 2. The van der Waals surface area contributed by atoms with E-state index in [-0.39, 0.29) is 90.6 Å². The molecule has 0 saturated heterocycles. The van der Waals surface area contributed by atoms with Gasteiger partial charge >= 0.3 is 54.3 Å². The van der Waals surface area contributed by atoms with Crippen molar-refractivity contribution in [3.63, 3.8) is 0 Å². The Morgan fingerprint density at radius 2 is 0.752 bits per heavy atom. The van der Waals surface area contributed by atoms with Gasteiger partial charge < -0.3 is 58.0 Å². The second-order valence-corrected chi connectivity index (χ2v) is 29.1. The summed E-state index contributed by atoms with van der Waals surface area (Å²) in [4.78, 5) is 32.6. The molecule has 0 aliphatic heterocycles. The van der Waals surface area contributed by atoms with Crippen LogP contribution in [0.1, 0.15) is 62.7 Å². The van der Waals surface area contributed by atoms with Crippen LogP contribution < -0.4 is 67.5 Å². The number of benzene rings is 4. The summed E-state index contributed by atoms with van der Waals surface area (Å²) in [7, 11) is 5.61. The third-order valence-electron chi connectivity index (χ3n) is 16.1. The fourth-order valence-corrected chi connectivity index (χ4v) is 12.7. The fraction of sp³-hybridized carbons (Fsp3) is 0.291. The average Bonchev–Trinajstić information content (AvgIpc) is 1.78. The van der Waals surface area contributed by atoms with Crippen LogP contribution in [-0.4, -0.2) is 160 Å². The van der Waals surface area contributed by atoms with Crippen molar-refractivity contribution in [2.24, 2.45) is 0 Å². The van der Waals surface area contributed by atoms with Crippen molar-refractivity contribution < 1.29 is 140 Å². The molecule has 12 rings (SSSR count). The summed E-state index contributed by atoms with van der Waals surface area (Å²) in [6.45, 7) is 1.07. The monoisotopic (exact) mass is 1860 g/mol. The summed E-state index contributed by atoms with van der Waals surface area (Å²) in [5, 5.41) is -0.249. The van der Waals surface area contributed by atoms with Crippen molar-refractivity contribution in [1.29, 1.82) is 0 Å². The van der Waals surface area contributed by atoms with Gasteiger partial charge in [-0.25, -0.2) is 48.3 Å². The van der Waals surface area contributed by atoms with E-state index in [2.05, 4.69) is 60.8 Å². The van der Waals surface area contributed by atoms with Crippen LogP contribution in [0, 0.1) is 0 Å². The molecule has 1 unspecified atom stereocenters. The van der Waals surface area contributed by atoms with Gasteiger partial charge in [0.15, 0.2) is 56.3 Å². The van der Waals surface area contributed by atoms with Gasteiger partial charge in [0.1, 0.15) is 22.8 Å². The summed E-state index contributed by atoms with van der Waals surface area (Å²) >= 11 is 5.51. The SMILES string of the molecule is C.C.COc1ccc(CBr)cc1OC.COc1ccc(Cn2cccc2-c2cc(C(F)(F)F)nc(S(C)(=O)=O)n2)cc1OC.COc1ccc(Cn2cccc2-c2cc(C(F)(F)F)nc(S(C)=O)n2)cc1OC.COc1ccc(Cn2cccc2-c2cc(C(F)(F)F)nc(SC)n2)cc1OC.CSc1nc(-c2ccc[nH]2)cc(C(F)(F)F)n1.[2H]CF.[H-].[Na+]. The molecular weight excluding hydrogens is 1770 g/mol. The summed E-state index contributed by atoms with van der Waals surface area (Å²) in [5.74, 6) is 4.89. The fourth-order valence-electron chi connectivity index (χ4n) is 10.6. The normalized spacial score (nSPS) is 11.4. The molecule has 0 spiro atoms. The molecule has 0 bridgehead atoms. The molecule has 8 aromatic heterocycles. The minimum Gasteiger partial charge on any atom is -1.00 e. The van der Waals surface area contributed by atoms with E-state index in [9.17, 15) is 69.7 Å². The largest absolute Gasteiger partial charge is 1.00 e. The van der Waals surface area contributed by atoms with Crippen LogP contribution in [0.4, 0.5) is 57.1 Å². The number of halogens is 14. The molecule has 4 aromatic carbocycles. The van der Waals surface area contributed by atoms with Crippen LogP contribution in [-0.2, 0) is 70.3 Å². The number of hydrogen-bond acceptors (Lipinski definition) is 21. The predicted molar refractivity (Wildman–Crippen MR) is 437 cm³/mol. The maximum absolute atomic E-state index is 13.3. The minimum atomic E-state index is -4.82. The van der Waals surface area contributed by atoms with Crippen molar-refractivity contribution in [2.45, 2.75) is 85.1 Å². The number of aromatic amines is 1. The number of sulfone groups is 1. The smallest absolute Gasteiger partial charge is 1.00 e. The first kappa shape index (κ1) is 102. The first-order valence-corrected chi connectivity index (χ1v) is 40.7. The Labute approximate surface area is 734 Å². The maximum Gasteiger partial charge on any atom is 1.00 e. The van der Waals surface area contributed by atoms with Crippen molar-refractivity contribution in [1.82, 2.24) is 58.6 Å². The number of aromatic nitrogens is 12. The zero-order valence-corrected chi connectivity index (χ0v) is 72.4. The Morgan fingerprint density at radius 3 is 1.06 bits per heavy atom. The molecule has 0 fully saturated rings. The zero-order chi connectivity index (χ0) is 87.7. The number of ether oxygens (including phenoxy) is 8. The Kier molecular flexibility index (Phi) is 39.4. The number of rotatable bonds is 23. The van der Waals surface area contributed by atoms with Crippen LogP contribution in [0.5, 0.6) is 46.0 Å². The van der Waals surface area contributed by atoms with Gasteiger partial charge in [-0.3, -0.25) is 8.60 Å². The third-order valence-corrected chi connectivity index (χ3v) is 19.4. The van der Waals surface area contributed by atoms with Gasteiger partial charge in [-0.2, -0.15) is 52.7 Å². The Hall–Kier alpha value is -9.91. The summed E-state index contributed by atoms with van der Waals surface area (Å²) in [6.07, 6.45) is -6.43. The van der Waals surface area contributed by atoms with Gasteiger partial charge in [0.25, 0.3) is 0 Å². The minimum absolute atomic E-state index is 0. The second-order valence-electron chi connectivity index (χ2n) is 23.8. The standard InChI is InChI=1S/C19H18F3N3O4S.C19H18F3N3O3S.C19H18F3N3O2S.C10H8F3N3S.C9H11BrO2.CH3F.2CH4.Na.H/c1-28-15-7-6-12(9-16(15)29-2)11-25-8-4-5-14(25)13-10-17(19(20,21)22)24-18(23-13)30(3,26)27;1-27-15-7-6-12(9-16(15)28-2)11-25-8-4-5-14(25)13-10-17(19(20,21)22)24-18(23-13)29(3)26;1-26-15-7-6-12(9-16(15)27-2)11-25-8-4-5-14(25)13-10-17(19(20,21)22)24-18(23-13)28-3;1-17-9-15-7(6-3-2-4-14-6)5-8(16-9)10(11,12)13;1-11-8-4-3-7(6-10)5-9(8)12-2;1-2;;;;/h4-10H,11H2,1-3H3;4-10H,11H2,1-3H3;4-10H,11H2,1-3H3;2-5,14H,1H3;3-5H,6H2,1-2H3;1H3;2*1H4;;/q;;;;;;;;+1;-1/i;;;;;1D;;;;. The predicted octanol–water partition coefficient (Wildman–Crippen LogP) is 16.7. The van der Waals surface area contributed by atoms with Crippen molar-refractivity contribution in [2.75, 3.05) is 89.1 Å². The molecule has 0 amide bonds. The van der Waals surface area contributed by atoms with Gasteiger partial charge in [0, 0.05) is 62.3 Å². The molecule has 12 aromatic rings. The number of nitrogens with zero attached hydrogens (tertiary/aromatic N) is 11. The van der Waals surface area contributed by atoms with Gasteiger partial charge in [0.2, 0.25) is 20.2 Å². The van der Waals surface area contributed by atoms with E-state index in [0.717, 1.165) is 87.6 Å². The second kappa shape index (κ2) is 46.9. The molecule has 650 valence electrons. The first-order valence-electron chi connectivity index (χ1n) is 34.4. The van der Waals surface area contributed by atoms with E-state index in [1.807, 2.05) is 41.0 Å². The van der Waals surface area contributed by atoms with E-state index >= 15 is 0 Å². The van der Waals surface area contributed by atoms with Gasteiger partial charge in [-0.05, 0) is 156 Å². The zero-order valence-electron chi connectivity index (χ0n) is 67.5.